The lowest BCUT2D eigenvalue weighted by molar-refractivity contribution is -0.121. The fourth-order valence-corrected chi connectivity index (χ4v) is 4.24. The first-order chi connectivity index (χ1) is 14.0. The zero-order valence-corrected chi connectivity index (χ0v) is 17.3. The van der Waals surface area contributed by atoms with Gasteiger partial charge in [0, 0.05) is 6.54 Å². The molecule has 0 saturated carbocycles. The number of anilines is 1. The first-order valence-electron chi connectivity index (χ1n) is 8.98. The number of fused-ring (bicyclic) bond motifs is 1. The number of amides is 2. The maximum absolute atomic E-state index is 12.5. The molecule has 2 amide bonds. The van der Waals surface area contributed by atoms with Crippen molar-refractivity contribution in [2.45, 2.75) is 6.42 Å². The van der Waals surface area contributed by atoms with Crippen molar-refractivity contribution in [2.75, 3.05) is 25.2 Å². The average molecular weight is 427 g/mol. The van der Waals surface area contributed by atoms with Crippen LogP contribution in [0.3, 0.4) is 0 Å². The second-order valence-corrected chi connectivity index (χ2v) is 8.23. The van der Waals surface area contributed by atoms with E-state index in [-0.39, 0.29) is 18.4 Å². The van der Waals surface area contributed by atoms with Crippen molar-refractivity contribution in [3.05, 3.63) is 58.5 Å². The van der Waals surface area contributed by atoms with Gasteiger partial charge in [-0.05, 0) is 47.9 Å². The van der Waals surface area contributed by atoms with Crippen molar-refractivity contribution >= 4 is 51.9 Å². The maximum atomic E-state index is 12.5. The fourth-order valence-electron chi connectivity index (χ4n) is 3.20. The zero-order valence-electron chi connectivity index (χ0n) is 15.6. The van der Waals surface area contributed by atoms with Gasteiger partial charge in [0.15, 0.2) is 6.61 Å². The quantitative estimate of drug-likeness (QED) is 0.585. The molecule has 2 aliphatic rings. The van der Waals surface area contributed by atoms with Gasteiger partial charge in [-0.15, -0.1) is 0 Å². The lowest BCUT2D eigenvalue weighted by Crippen LogP contribution is -2.40. The second-order valence-electron chi connectivity index (χ2n) is 6.51. The molecule has 29 heavy (non-hydrogen) atoms. The Hall–Kier alpha value is -2.84. The smallest absolute Gasteiger partial charge is 0.265 e. The molecule has 2 aliphatic heterocycles. The molecule has 0 spiro atoms. The molecule has 0 unspecified atom stereocenters. The summed E-state index contributed by atoms with van der Waals surface area (Å²) in [5, 5.41) is 2.60. The molecule has 6 nitrogen and oxygen atoms in total. The Morgan fingerprint density at radius 3 is 2.90 bits per heavy atom. The van der Waals surface area contributed by atoms with Crippen LogP contribution in [0.4, 0.5) is 5.69 Å². The monoisotopic (exact) mass is 426 g/mol. The highest BCUT2D eigenvalue weighted by atomic mass is 32.2. The van der Waals surface area contributed by atoms with Crippen LogP contribution in [0.1, 0.15) is 11.1 Å². The number of hydrogen-bond donors (Lipinski definition) is 1. The van der Waals surface area contributed by atoms with E-state index in [4.69, 9.17) is 21.7 Å². The lowest BCUT2D eigenvalue weighted by Gasteiger charge is -2.29. The van der Waals surface area contributed by atoms with Gasteiger partial charge in [-0.1, -0.05) is 42.2 Å². The van der Waals surface area contributed by atoms with Gasteiger partial charge in [-0.25, -0.2) is 0 Å². The highest BCUT2D eigenvalue weighted by Gasteiger charge is 2.26. The number of methoxy groups -OCH3 is 1. The van der Waals surface area contributed by atoms with Gasteiger partial charge in [0.25, 0.3) is 11.8 Å². The van der Waals surface area contributed by atoms with Gasteiger partial charge in [-0.2, -0.15) is 0 Å². The Kier molecular flexibility index (Phi) is 5.55. The normalized spacial score (nSPS) is 17.2. The van der Waals surface area contributed by atoms with E-state index in [1.807, 2.05) is 42.5 Å². The molecule has 2 heterocycles. The van der Waals surface area contributed by atoms with Crippen molar-refractivity contribution in [3.63, 3.8) is 0 Å². The Balaban J connectivity index is 1.58. The van der Waals surface area contributed by atoms with Gasteiger partial charge < -0.3 is 19.7 Å². The largest absolute Gasteiger partial charge is 0.497 e. The van der Waals surface area contributed by atoms with E-state index < -0.39 is 0 Å². The van der Waals surface area contributed by atoms with Gasteiger partial charge >= 0.3 is 0 Å². The number of nitrogens with zero attached hydrogens (tertiary/aromatic N) is 1. The van der Waals surface area contributed by atoms with Crippen LogP contribution < -0.4 is 19.7 Å². The van der Waals surface area contributed by atoms with Crippen LogP contribution in [-0.4, -0.2) is 36.4 Å². The minimum Gasteiger partial charge on any atom is -0.497 e. The number of nitrogens with one attached hydrogen (secondary N) is 1. The third-order valence-electron chi connectivity index (χ3n) is 4.62. The van der Waals surface area contributed by atoms with E-state index in [1.165, 1.54) is 11.8 Å². The van der Waals surface area contributed by atoms with Crippen LogP contribution in [-0.2, 0) is 16.0 Å². The van der Waals surface area contributed by atoms with Crippen molar-refractivity contribution in [1.29, 1.82) is 0 Å². The zero-order chi connectivity index (χ0) is 20.4. The molecule has 1 fully saturated rings. The maximum Gasteiger partial charge on any atom is 0.265 e. The Bertz CT molecular complexity index is 1040. The Morgan fingerprint density at radius 1 is 1.28 bits per heavy atom. The summed E-state index contributed by atoms with van der Waals surface area (Å²) in [6, 6.07) is 13.3. The molecule has 0 aliphatic carbocycles. The van der Waals surface area contributed by atoms with Gasteiger partial charge in [-0.3, -0.25) is 9.59 Å². The summed E-state index contributed by atoms with van der Waals surface area (Å²) in [6.45, 7) is 0.528. The molecule has 0 radical (unpaired) electrons. The van der Waals surface area contributed by atoms with E-state index >= 15 is 0 Å². The summed E-state index contributed by atoms with van der Waals surface area (Å²) >= 11 is 6.25. The predicted octanol–water partition coefficient (Wildman–Crippen LogP) is 3.15. The summed E-state index contributed by atoms with van der Waals surface area (Å²) in [5.74, 6) is 1.13. The van der Waals surface area contributed by atoms with Gasteiger partial charge in [0.1, 0.15) is 15.8 Å². The predicted molar refractivity (Wildman–Crippen MR) is 117 cm³/mol. The van der Waals surface area contributed by atoms with E-state index in [0.29, 0.717) is 33.6 Å². The molecule has 148 valence electrons. The number of carbonyl (C=O) groups excluding carboxylic acids is 2. The van der Waals surface area contributed by atoms with Crippen molar-refractivity contribution in [1.82, 2.24) is 5.32 Å². The molecule has 8 heteroatoms. The van der Waals surface area contributed by atoms with Crippen LogP contribution in [0.2, 0.25) is 0 Å². The second kappa shape index (κ2) is 8.26. The van der Waals surface area contributed by atoms with E-state index in [9.17, 15) is 9.59 Å². The number of thioether (sulfide) groups is 1. The molecule has 0 aromatic heterocycles. The average Bonchev–Trinajstić information content (AvgIpc) is 3.04. The van der Waals surface area contributed by atoms with Crippen molar-refractivity contribution < 1.29 is 19.1 Å². The molecule has 1 saturated heterocycles. The number of ether oxygens (including phenoxy) is 2. The molecule has 0 atom stereocenters. The van der Waals surface area contributed by atoms with Crippen LogP contribution in [0.25, 0.3) is 6.08 Å². The lowest BCUT2D eigenvalue weighted by atomic mass is 10.1. The van der Waals surface area contributed by atoms with Crippen molar-refractivity contribution in [3.8, 4) is 11.5 Å². The number of hydrogen-bond acceptors (Lipinski definition) is 6. The first kappa shape index (κ1) is 19.5. The Labute approximate surface area is 177 Å². The standard InChI is InChI=1S/C21H18N2O4S2/c1-26-15-4-2-3-13(9-15)7-8-23-16-10-14(5-6-17(16)27-12-19(23)24)11-18-20(25)22-21(28)29-18/h2-6,9-11H,7-8,12H2,1H3,(H,22,25,28). The van der Waals surface area contributed by atoms with E-state index in [2.05, 4.69) is 5.32 Å². The van der Waals surface area contributed by atoms with Crippen LogP contribution in [0, 0.1) is 0 Å². The van der Waals surface area contributed by atoms with Crippen molar-refractivity contribution in [2.24, 2.45) is 0 Å². The number of benzene rings is 2. The number of rotatable bonds is 5. The molecule has 2 aromatic rings. The number of carbonyl (C=O) groups is 2. The third kappa shape index (κ3) is 4.28. The van der Waals surface area contributed by atoms with E-state index in [0.717, 1.165) is 16.9 Å². The molecule has 0 bridgehead atoms. The molecular weight excluding hydrogens is 408 g/mol. The van der Waals surface area contributed by atoms with Crippen LogP contribution in [0.5, 0.6) is 11.5 Å². The molecule has 2 aromatic carbocycles. The number of thiocarbonyl (C=S) groups is 1. The van der Waals surface area contributed by atoms with Crippen LogP contribution >= 0.6 is 24.0 Å². The summed E-state index contributed by atoms with van der Waals surface area (Å²) in [6.07, 6.45) is 2.44. The summed E-state index contributed by atoms with van der Waals surface area (Å²) in [7, 11) is 1.63. The molecular formula is C21H18N2O4S2. The Morgan fingerprint density at radius 2 is 2.14 bits per heavy atom. The minimum absolute atomic E-state index is 0.0120. The molecule has 1 N–H and O–H groups in total. The fraction of sp³-hybridized carbons (Fsp3) is 0.190. The SMILES string of the molecule is COc1cccc(CCN2C(=O)COc3ccc(C=C4SC(=S)NC4=O)cc32)c1. The topological polar surface area (TPSA) is 67.9 Å². The van der Waals surface area contributed by atoms with Gasteiger partial charge in [0.2, 0.25) is 0 Å². The highest BCUT2D eigenvalue weighted by Crippen LogP contribution is 2.35. The van der Waals surface area contributed by atoms with E-state index in [1.54, 1.807) is 18.1 Å². The van der Waals surface area contributed by atoms with Gasteiger partial charge in [0.05, 0.1) is 17.7 Å². The minimum atomic E-state index is -0.208. The third-order valence-corrected chi connectivity index (χ3v) is 5.79. The summed E-state index contributed by atoms with van der Waals surface area (Å²) in [4.78, 5) is 26.7. The van der Waals surface area contributed by atoms with Crippen LogP contribution in [0.15, 0.2) is 47.4 Å². The summed E-state index contributed by atoms with van der Waals surface area (Å²) < 4.78 is 11.3. The molecule has 4 rings (SSSR count). The first-order valence-corrected chi connectivity index (χ1v) is 10.2. The summed E-state index contributed by atoms with van der Waals surface area (Å²) in [5.41, 5.74) is 2.58. The highest BCUT2D eigenvalue weighted by molar-refractivity contribution is 8.26.